The fraction of sp³-hybridized carbons (Fsp3) is 0.450. The third-order valence-electron chi connectivity index (χ3n) is 5.66. The highest BCUT2D eigenvalue weighted by Crippen LogP contribution is 2.40. The summed E-state index contributed by atoms with van der Waals surface area (Å²) >= 11 is 0. The molecular weight excluding hydrogens is 314 g/mol. The maximum absolute atomic E-state index is 12.7. The second-order valence-electron chi connectivity index (χ2n) is 7.23. The predicted octanol–water partition coefficient (Wildman–Crippen LogP) is 1.92. The van der Waals surface area contributed by atoms with Gasteiger partial charge < -0.3 is 15.4 Å². The van der Waals surface area contributed by atoms with Crippen molar-refractivity contribution in [3.05, 3.63) is 41.6 Å². The normalized spacial score (nSPS) is 23.9. The number of carbonyl (C=O) groups is 1. The van der Waals surface area contributed by atoms with E-state index in [0.717, 1.165) is 18.4 Å². The molecule has 0 bridgehead atoms. The summed E-state index contributed by atoms with van der Waals surface area (Å²) in [5.41, 5.74) is 5.01. The van der Waals surface area contributed by atoms with Crippen LogP contribution in [0.4, 0.5) is 0 Å². The Bertz CT molecular complexity index is 835. The Morgan fingerprint density at radius 1 is 1.48 bits per heavy atom. The molecule has 1 aromatic heterocycles. The van der Waals surface area contributed by atoms with Crippen molar-refractivity contribution >= 4 is 22.4 Å². The van der Waals surface area contributed by atoms with Crippen LogP contribution in [0.15, 0.2) is 30.5 Å². The van der Waals surface area contributed by atoms with Gasteiger partial charge in [-0.05, 0) is 42.7 Å². The lowest BCUT2D eigenvalue weighted by Crippen LogP contribution is -2.48. The molecule has 2 aromatic rings. The number of aliphatic hydroxyl groups is 1. The topological polar surface area (TPSA) is 68.4 Å². The summed E-state index contributed by atoms with van der Waals surface area (Å²) in [5, 5.41) is 13.6. The lowest BCUT2D eigenvalue weighted by molar-refractivity contribution is -0.125. The average Bonchev–Trinajstić information content (AvgIpc) is 3.04. The molecule has 5 nitrogen and oxygen atoms in total. The van der Waals surface area contributed by atoms with Crippen molar-refractivity contribution in [1.82, 2.24) is 15.2 Å². The minimum absolute atomic E-state index is 0.00532. The highest BCUT2D eigenvalue weighted by molar-refractivity contribution is 5.99. The number of nitrogens with one attached hydrogen (secondary N) is 2. The molecule has 1 aliphatic carbocycles. The third kappa shape index (κ3) is 2.68. The van der Waals surface area contributed by atoms with Crippen molar-refractivity contribution in [2.45, 2.75) is 31.8 Å². The fourth-order valence-corrected chi connectivity index (χ4v) is 4.20. The predicted molar refractivity (Wildman–Crippen MR) is 99.2 cm³/mol. The Balaban J connectivity index is 1.71. The first-order valence-electron chi connectivity index (χ1n) is 9.05. The minimum Gasteiger partial charge on any atom is -0.394 e. The molecule has 3 atom stereocenters. The summed E-state index contributed by atoms with van der Waals surface area (Å²) in [6.07, 6.45) is 5.97. The standard InChI is InChI=1S/C20H25N3O2/c1-3-14(11-24)22-20(25)13-7-16-15-5-4-6-17-19(15)12(9-21-17)8-18(16)23(2)10-13/h4-7,9,13-14,18,21,24H,3,8,10-11H2,1-2H3,(H,22,25)/t13-,14-,18+/m1/s1. The van der Waals surface area contributed by atoms with Gasteiger partial charge in [0.1, 0.15) is 0 Å². The Hall–Kier alpha value is -2.11. The highest BCUT2D eigenvalue weighted by Gasteiger charge is 2.35. The molecule has 2 heterocycles. The zero-order valence-electron chi connectivity index (χ0n) is 14.7. The van der Waals surface area contributed by atoms with Crippen LogP contribution in [0.2, 0.25) is 0 Å². The van der Waals surface area contributed by atoms with E-state index in [0.29, 0.717) is 12.6 Å². The number of rotatable bonds is 4. The van der Waals surface area contributed by atoms with Crippen molar-refractivity contribution in [1.29, 1.82) is 0 Å². The van der Waals surface area contributed by atoms with Gasteiger partial charge in [0, 0.05) is 29.7 Å². The Morgan fingerprint density at radius 3 is 3.08 bits per heavy atom. The largest absolute Gasteiger partial charge is 0.394 e. The van der Waals surface area contributed by atoms with Crippen LogP contribution in [-0.4, -0.2) is 53.2 Å². The van der Waals surface area contributed by atoms with Crippen molar-refractivity contribution in [3.63, 3.8) is 0 Å². The molecule has 4 rings (SSSR count). The molecule has 0 radical (unpaired) electrons. The van der Waals surface area contributed by atoms with E-state index in [1.54, 1.807) is 0 Å². The summed E-state index contributed by atoms with van der Waals surface area (Å²) in [6, 6.07) is 6.49. The summed E-state index contributed by atoms with van der Waals surface area (Å²) < 4.78 is 0. The first-order valence-corrected chi connectivity index (χ1v) is 9.05. The average molecular weight is 339 g/mol. The van der Waals surface area contributed by atoms with E-state index in [-0.39, 0.29) is 24.5 Å². The second-order valence-corrected chi connectivity index (χ2v) is 7.23. The van der Waals surface area contributed by atoms with E-state index < -0.39 is 0 Å². The van der Waals surface area contributed by atoms with Crippen LogP contribution < -0.4 is 5.32 Å². The van der Waals surface area contributed by atoms with Crippen LogP contribution in [-0.2, 0) is 11.2 Å². The van der Waals surface area contributed by atoms with Crippen LogP contribution in [0.3, 0.4) is 0 Å². The number of hydrogen-bond donors (Lipinski definition) is 3. The molecule has 1 aromatic carbocycles. The SMILES string of the molecule is CC[C@H](CO)NC(=O)[C@@H]1C=C2c3cccc4[nH]cc(c34)C[C@@H]2N(C)C1. The van der Waals surface area contributed by atoms with E-state index in [1.165, 1.54) is 22.1 Å². The molecule has 0 fully saturated rings. The van der Waals surface area contributed by atoms with Crippen molar-refractivity contribution in [2.24, 2.45) is 5.92 Å². The van der Waals surface area contributed by atoms with E-state index in [1.807, 2.05) is 6.92 Å². The number of aliphatic hydroxyl groups excluding tert-OH is 1. The Morgan fingerprint density at radius 2 is 2.32 bits per heavy atom. The third-order valence-corrected chi connectivity index (χ3v) is 5.66. The van der Waals surface area contributed by atoms with Crippen molar-refractivity contribution in [2.75, 3.05) is 20.2 Å². The number of fused-ring (bicyclic) bond motifs is 2. The summed E-state index contributed by atoms with van der Waals surface area (Å²) in [6.45, 7) is 2.66. The van der Waals surface area contributed by atoms with Crippen LogP contribution in [0.1, 0.15) is 24.5 Å². The number of nitrogens with zero attached hydrogens (tertiary/aromatic N) is 1. The number of H-pyrrole nitrogens is 1. The fourth-order valence-electron chi connectivity index (χ4n) is 4.20. The lowest BCUT2D eigenvalue weighted by Gasteiger charge is -2.39. The molecule has 0 unspecified atom stereocenters. The van der Waals surface area contributed by atoms with Crippen molar-refractivity contribution in [3.8, 4) is 0 Å². The van der Waals surface area contributed by atoms with Crippen LogP contribution >= 0.6 is 0 Å². The van der Waals surface area contributed by atoms with Gasteiger partial charge in [-0.1, -0.05) is 25.1 Å². The van der Waals surface area contributed by atoms with Gasteiger partial charge >= 0.3 is 0 Å². The van der Waals surface area contributed by atoms with E-state index in [4.69, 9.17) is 0 Å². The molecule has 0 spiro atoms. The number of benzene rings is 1. The van der Waals surface area contributed by atoms with Gasteiger partial charge in [-0.2, -0.15) is 0 Å². The maximum atomic E-state index is 12.7. The van der Waals surface area contributed by atoms with Gasteiger partial charge in [-0.15, -0.1) is 0 Å². The second kappa shape index (κ2) is 6.32. The van der Waals surface area contributed by atoms with E-state index in [2.05, 4.69) is 52.7 Å². The molecule has 2 aliphatic rings. The van der Waals surface area contributed by atoms with Crippen LogP contribution in [0, 0.1) is 5.92 Å². The van der Waals surface area contributed by atoms with Gasteiger partial charge in [0.25, 0.3) is 0 Å². The van der Waals surface area contributed by atoms with Crippen molar-refractivity contribution < 1.29 is 9.90 Å². The highest BCUT2D eigenvalue weighted by atomic mass is 16.3. The zero-order chi connectivity index (χ0) is 17.6. The smallest absolute Gasteiger partial charge is 0.228 e. The molecule has 25 heavy (non-hydrogen) atoms. The number of amides is 1. The number of aromatic amines is 1. The Kier molecular flexibility index (Phi) is 4.13. The number of hydrogen-bond acceptors (Lipinski definition) is 3. The zero-order valence-corrected chi connectivity index (χ0v) is 14.7. The monoisotopic (exact) mass is 339 g/mol. The quantitative estimate of drug-likeness (QED) is 0.797. The molecule has 132 valence electrons. The Labute approximate surface area is 147 Å². The van der Waals surface area contributed by atoms with Gasteiger partial charge in [-0.25, -0.2) is 0 Å². The maximum Gasteiger partial charge on any atom is 0.228 e. The van der Waals surface area contributed by atoms with Gasteiger partial charge in [0.2, 0.25) is 5.91 Å². The first-order chi connectivity index (χ1) is 12.1. The molecule has 0 saturated heterocycles. The molecule has 1 amide bonds. The number of aromatic nitrogens is 1. The van der Waals surface area contributed by atoms with Gasteiger partial charge in [0.05, 0.1) is 18.6 Å². The van der Waals surface area contributed by atoms with Crippen LogP contribution in [0.5, 0.6) is 0 Å². The minimum atomic E-state index is -0.187. The summed E-state index contributed by atoms with van der Waals surface area (Å²) in [5.74, 6) is -0.182. The molecule has 0 saturated carbocycles. The number of carbonyl (C=O) groups excluding carboxylic acids is 1. The van der Waals surface area contributed by atoms with Crippen LogP contribution in [0.25, 0.3) is 16.5 Å². The van der Waals surface area contributed by atoms with Gasteiger partial charge in [0.15, 0.2) is 0 Å². The molecule has 1 aliphatic heterocycles. The summed E-state index contributed by atoms with van der Waals surface area (Å²) in [4.78, 5) is 18.3. The summed E-state index contributed by atoms with van der Waals surface area (Å²) in [7, 11) is 2.10. The molecular formula is C20H25N3O2. The lowest BCUT2D eigenvalue weighted by atomic mass is 9.80. The number of likely N-dealkylation sites (N-methyl/N-ethyl adjacent to an activating group) is 1. The van der Waals surface area contributed by atoms with Gasteiger partial charge in [-0.3, -0.25) is 9.69 Å². The molecule has 3 N–H and O–H groups in total. The molecule has 5 heteroatoms. The first kappa shape index (κ1) is 16.4. The van der Waals surface area contributed by atoms with E-state index >= 15 is 0 Å². The van der Waals surface area contributed by atoms with E-state index in [9.17, 15) is 9.90 Å².